The predicted octanol–water partition coefficient (Wildman–Crippen LogP) is 2.82. The van der Waals surface area contributed by atoms with Crippen LogP contribution in [0.25, 0.3) is 11.0 Å². The number of aromatic nitrogens is 4. The van der Waals surface area contributed by atoms with E-state index in [-0.39, 0.29) is 5.91 Å². The molecule has 1 saturated heterocycles. The first-order chi connectivity index (χ1) is 15.3. The van der Waals surface area contributed by atoms with Crippen LogP contribution in [0.4, 0.5) is 0 Å². The highest BCUT2D eigenvalue weighted by Gasteiger charge is 2.22. The van der Waals surface area contributed by atoms with Crippen LogP contribution < -0.4 is 0 Å². The second-order valence-electron chi connectivity index (χ2n) is 7.85. The molecule has 2 aromatic heterocycles. The van der Waals surface area contributed by atoms with E-state index < -0.39 is 0 Å². The Morgan fingerprint density at radius 3 is 2.71 bits per heavy atom. The van der Waals surface area contributed by atoms with Gasteiger partial charge in [0.05, 0.1) is 6.54 Å². The lowest BCUT2D eigenvalue weighted by Crippen LogP contribution is -2.35. The van der Waals surface area contributed by atoms with Crippen molar-refractivity contribution in [2.24, 2.45) is 0 Å². The molecule has 0 atom stereocenters. The summed E-state index contributed by atoms with van der Waals surface area (Å²) in [4.78, 5) is 21.9. The monoisotopic (exact) mass is 416 g/mol. The van der Waals surface area contributed by atoms with E-state index in [0.29, 0.717) is 23.1 Å². The van der Waals surface area contributed by atoms with E-state index in [2.05, 4.69) is 49.0 Å². The molecule has 158 valence electrons. The van der Waals surface area contributed by atoms with Crippen molar-refractivity contribution in [2.75, 3.05) is 26.2 Å². The number of nitrogens with zero attached hydrogens (tertiary/aromatic N) is 6. The quantitative estimate of drug-likeness (QED) is 0.498. The molecule has 0 bridgehead atoms. The predicted molar refractivity (Wildman–Crippen MR) is 115 cm³/mol. The maximum Gasteiger partial charge on any atom is 0.253 e. The van der Waals surface area contributed by atoms with Gasteiger partial charge < -0.3 is 9.47 Å². The molecule has 8 heteroatoms. The zero-order valence-electron chi connectivity index (χ0n) is 17.2. The molecule has 1 aliphatic heterocycles. The van der Waals surface area contributed by atoms with E-state index in [1.54, 1.807) is 18.2 Å². The van der Waals surface area contributed by atoms with Crippen LogP contribution in [-0.2, 0) is 13.1 Å². The Hall–Kier alpha value is -3.52. The Kier molecular flexibility index (Phi) is 5.45. The summed E-state index contributed by atoms with van der Waals surface area (Å²) in [7, 11) is 0. The van der Waals surface area contributed by atoms with Crippen molar-refractivity contribution in [3.63, 3.8) is 0 Å². The minimum absolute atomic E-state index is 0.0253. The van der Waals surface area contributed by atoms with Gasteiger partial charge in [-0.3, -0.25) is 9.69 Å². The fourth-order valence-corrected chi connectivity index (χ4v) is 4.05. The molecular formula is C23H24N6O2. The standard InChI is InChI=1S/C23H24N6O2/c30-23(19-7-8-20-21(15-19)26-31-25-20)28-11-4-10-27(13-14-28)17-22-24-9-12-29(22)16-18-5-2-1-3-6-18/h1-3,5-9,12,15H,4,10-11,13-14,16-17H2. The molecule has 0 aliphatic carbocycles. The highest BCUT2D eigenvalue weighted by Crippen LogP contribution is 2.16. The lowest BCUT2D eigenvalue weighted by atomic mass is 10.1. The maximum atomic E-state index is 13.0. The first-order valence-corrected chi connectivity index (χ1v) is 10.5. The van der Waals surface area contributed by atoms with E-state index >= 15 is 0 Å². The average Bonchev–Trinajstić information content (AvgIpc) is 3.38. The minimum Gasteiger partial charge on any atom is -0.337 e. The first kappa shape index (κ1) is 19.4. The summed E-state index contributed by atoms with van der Waals surface area (Å²) in [6.45, 7) is 4.77. The van der Waals surface area contributed by atoms with Gasteiger partial charge in [-0.2, -0.15) is 0 Å². The van der Waals surface area contributed by atoms with Crippen LogP contribution >= 0.6 is 0 Å². The molecule has 0 unspecified atom stereocenters. The summed E-state index contributed by atoms with van der Waals surface area (Å²) >= 11 is 0. The van der Waals surface area contributed by atoms with Gasteiger partial charge in [-0.15, -0.1) is 0 Å². The largest absolute Gasteiger partial charge is 0.337 e. The van der Waals surface area contributed by atoms with E-state index in [9.17, 15) is 4.79 Å². The number of fused-ring (bicyclic) bond motifs is 1. The third-order valence-electron chi connectivity index (χ3n) is 5.74. The summed E-state index contributed by atoms with van der Waals surface area (Å²) in [6, 6.07) is 15.7. The number of hydrogen-bond donors (Lipinski definition) is 0. The van der Waals surface area contributed by atoms with Crippen LogP contribution in [0.5, 0.6) is 0 Å². The Morgan fingerprint density at radius 2 is 1.81 bits per heavy atom. The Labute approximate surface area is 180 Å². The number of carbonyl (C=O) groups excluding carboxylic acids is 1. The van der Waals surface area contributed by atoms with Gasteiger partial charge in [-0.25, -0.2) is 9.61 Å². The van der Waals surface area contributed by atoms with Crippen LogP contribution in [0.15, 0.2) is 65.6 Å². The fraction of sp³-hybridized carbons (Fsp3) is 0.304. The van der Waals surface area contributed by atoms with Gasteiger partial charge in [0.25, 0.3) is 5.91 Å². The Morgan fingerprint density at radius 1 is 0.935 bits per heavy atom. The zero-order valence-corrected chi connectivity index (χ0v) is 17.2. The van der Waals surface area contributed by atoms with E-state index in [1.165, 1.54) is 5.56 Å². The minimum atomic E-state index is 0.0253. The van der Waals surface area contributed by atoms with Crippen LogP contribution in [0.2, 0.25) is 0 Å². The molecule has 1 aliphatic rings. The van der Waals surface area contributed by atoms with Gasteiger partial charge >= 0.3 is 0 Å². The van der Waals surface area contributed by atoms with Gasteiger partial charge in [0, 0.05) is 50.7 Å². The second-order valence-corrected chi connectivity index (χ2v) is 7.85. The smallest absolute Gasteiger partial charge is 0.253 e. The van der Waals surface area contributed by atoms with Crippen LogP contribution in [0.3, 0.4) is 0 Å². The average molecular weight is 416 g/mol. The summed E-state index contributed by atoms with van der Waals surface area (Å²) in [5.74, 6) is 1.07. The van der Waals surface area contributed by atoms with Crippen molar-refractivity contribution in [2.45, 2.75) is 19.5 Å². The van der Waals surface area contributed by atoms with E-state index in [0.717, 1.165) is 45.0 Å². The third kappa shape index (κ3) is 4.34. The SMILES string of the molecule is O=C(c1ccc2nonc2c1)N1CCCN(Cc2nccn2Cc2ccccc2)CC1. The van der Waals surface area contributed by atoms with Crippen molar-refractivity contribution in [1.29, 1.82) is 0 Å². The van der Waals surface area contributed by atoms with Gasteiger partial charge in [0.15, 0.2) is 0 Å². The van der Waals surface area contributed by atoms with Crippen molar-refractivity contribution < 1.29 is 9.42 Å². The molecule has 2 aromatic carbocycles. The number of benzene rings is 2. The molecule has 8 nitrogen and oxygen atoms in total. The Balaban J connectivity index is 1.22. The summed E-state index contributed by atoms with van der Waals surface area (Å²) in [5, 5.41) is 7.64. The lowest BCUT2D eigenvalue weighted by Gasteiger charge is -2.22. The number of hydrogen-bond acceptors (Lipinski definition) is 6. The zero-order chi connectivity index (χ0) is 21.0. The van der Waals surface area contributed by atoms with E-state index in [4.69, 9.17) is 4.63 Å². The van der Waals surface area contributed by atoms with Crippen molar-refractivity contribution >= 4 is 16.9 Å². The van der Waals surface area contributed by atoms with Gasteiger partial charge in [-0.05, 0) is 40.5 Å². The highest BCUT2D eigenvalue weighted by atomic mass is 16.6. The number of imidazole rings is 1. The molecule has 0 saturated carbocycles. The number of carbonyl (C=O) groups is 1. The topological polar surface area (TPSA) is 80.3 Å². The first-order valence-electron chi connectivity index (χ1n) is 10.5. The second kappa shape index (κ2) is 8.69. The molecule has 31 heavy (non-hydrogen) atoms. The van der Waals surface area contributed by atoms with Crippen molar-refractivity contribution in [1.82, 2.24) is 29.7 Å². The molecule has 1 amide bonds. The molecule has 4 aromatic rings. The van der Waals surface area contributed by atoms with Crippen LogP contribution in [0.1, 0.15) is 28.2 Å². The number of amides is 1. The molecule has 1 fully saturated rings. The lowest BCUT2D eigenvalue weighted by molar-refractivity contribution is 0.0761. The van der Waals surface area contributed by atoms with Crippen LogP contribution in [0, 0.1) is 0 Å². The molecule has 5 rings (SSSR count). The summed E-state index contributed by atoms with van der Waals surface area (Å²) in [6.07, 6.45) is 4.82. The summed E-state index contributed by atoms with van der Waals surface area (Å²) < 4.78 is 6.94. The van der Waals surface area contributed by atoms with E-state index in [1.807, 2.05) is 23.4 Å². The third-order valence-corrected chi connectivity index (χ3v) is 5.74. The molecule has 0 spiro atoms. The van der Waals surface area contributed by atoms with Gasteiger partial charge in [-0.1, -0.05) is 30.3 Å². The molecule has 0 N–H and O–H groups in total. The van der Waals surface area contributed by atoms with Crippen molar-refractivity contribution in [3.05, 3.63) is 77.9 Å². The summed E-state index contributed by atoms with van der Waals surface area (Å²) in [5.41, 5.74) is 3.14. The van der Waals surface area contributed by atoms with Gasteiger partial charge in [0.1, 0.15) is 16.9 Å². The fourth-order valence-electron chi connectivity index (χ4n) is 4.05. The Bertz CT molecular complexity index is 1170. The maximum absolute atomic E-state index is 13.0. The van der Waals surface area contributed by atoms with Crippen molar-refractivity contribution in [3.8, 4) is 0 Å². The van der Waals surface area contributed by atoms with Crippen LogP contribution in [-0.4, -0.2) is 61.8 Å². The molecular weight excluding hydrogens is 392 g/mol. The molecule has 3 heterocycles. The normalized spacial score (nSPS) is 15.3. The number of rotatable bonds is 5. The molecule has 0 radical (unpaired) electrons. The van der Waals surface area contributed by atoms with Gasteiger partial charge in [0.2, 0.25) is 0 Å². The highest BCUT2D eigenvalue weighted by molar-refractivity contribution is 5.97.